The Morgan fingerprint density at radius 3 is 2.77 bits per heavy atom. The first-order valence-corrected chi connectivity index (χ1v) is 7.86. The van der Waals surface area contributed by atoms with Gasteiger partial charge in [-0.05, 0) is 32.3 Å². The van der Waals surface area contributed by atoms with Crippen LogP contribution in [0.15, 0.2) is 18.5 Å². The van der Waals surface area contributed by atoms with E-state index in [1.54, 1.807) is 10.9 Å². The van der Waals surface area contributed by atoms with Crippen LogP contribution in [0.25, 0.3) is 0 Å². The Bertz CT molecular complexity index is 612. The van der Waals surface area contributed by atoms with E-state index in [1.165, 1.54) is 0 Å². The summed E-state index contributed by atoms with van der Waals surface area (Å²) in [7, 11) is 0. The summed E-state index contributed by atoms with van der Waals surface area (Å²) in [5, 5.41) is 11.4. The van der Waals surface area contributed by atoms with Crippen LogP contribution in [0.5, 0.6) is 0 Å². The number of aromatic amines is 1. The van der Waals surface area contributed by atoms with Crippen LogP contribution in [0.2, 0.25) is 0 Å². The van der Waals surface area contributed by atoms with E-state index in [1.807, 2.05) is 31.0 Å². The molecular formula is C15H22N6O. The highest BCUT2D eigenvalue weighted by molar-refractivity contribution is 5.80. The smallest absolute Gasteiger partial charge is 0.247 e. The molecule has 0 spiro atoms. The summed E-state index contributed by atoms with van der Waals surface area (Å²) < 4.78 is 1.76. The van der Waals surface area contributed by atoms with Crippen molar-refractivity contribution < 1.29 is 4.79 Å². The Kier molecular flexibility index (Phi) is 4.22. The van der Waals surface area contributed by atoms with E-state index in [-0.39, 0.29) is 11.9 Å². The number of aromatic nitrogens is 5. The van der Waals surface area contributed by atoms with Crippen molar-refractivity contribution in [1.82, 2.24) is 29.9 Å². The van der Waals surface area contributed by atoms with Crippen LogP contribution in [-0.4, -0.2) is 48.9 Å². The van der Waals surface area contributed by atoms with Crippen molar-refractivity contribution >= 4 is 5.91 Å². The van der Waals surface area contributed by atoms with Gasteiger partial charge in [0.1, 0.15) is 11.9 Å². The van der Waals surface area contributed by atoms with Crippen LogP contribution in [0.4, 0.5) is 0 Å². The third kappa shape index (κ3) is 2.88. The van der Waals surface area contributed by atoms with Gasteiger partial charge in [-0.25, -0.2) is 4.98 Å². The maximum atomic E-state index is 12.7. The minimum absolute atomic E-state index is 0.163. The molecule has 118 valence electrons. The van der Waals surface area contributed by atoms with Crippen molar-refractivity contribution in [3.8, 4) is 0 Å². The molecule has 0 radical (unpaired) electrons. The molecule has 7 heteroatoms. The lowest BCUT2D eigenvalue weighted by molar-refractivity contribution is -0.136. The van der Waals surface area contributed by atoms with Gasteiger partial charge in [0.25, 0.3) is 0 Å². The zero-order chi connectivity index (χ0) is 15.5. The molecule has 0 aromatic carbocycles. The van der Waals surface area contributed by atoms with Gasteiger partial charge in [-0.15, -0.1) is 0 Å². The molecule has 1 amide bonds. The zero-order valence-corrected chi connectivity index (χ0v) is 13.1. The molecule has 0 aliphatic carbocycles. The van der Waals surface area contributed by atoms with Gasteiger partial charge in [0.2, 0.25) is 5.91 Å². The number of carbonyl (C=O) groups is 1. The third-order valence-electron chi connectivity index (χ3n) is 4.30. The Balaban J connectivity index is 1.62. The second kappa shape index (κ2) is 6.29. The number of aryl methyl sites for hydroxylation is 1. The minimum atomic E-state index is -0.197. The van der Waals surface area contributed by atoms with Gasteiger partial charge in [0.15, 0.2) is 5.82 Å². The molecule has 3 rings (SSSR count). The first-order chi connectivity index (χ1) is 10.7. The van der Waals surface area contributed by atoms with Gasteiger partial charge in [0.05, 0.1) is 0 Å². The molecule has 2 aromatic heterocycles. The summed E-state index contributed by atoms with van der Waals surface area (Å²) in [5.41, 5.74) is 0. The van der Waals surface area contributed by atoms with E-state index in [9.17, 15) is 4.79 Å². The Labute approximate surface area is 129 Å². The highest BCUT2D eigenvalue weighted by atomic mass is 16.2. The second-order valence-corrected chi connectivity index (χ2v) is 5.79. The maximum Gasteiger partial charge on any atom is 0.247 e. The van der Waals surface area contributed by atoms with Crippen LogP contribution in [-0.2, 0) is 4.79 Å². The Hall–Kier alpha value is -2.18. The van der Waals surface area contributed by atoms with Crippen LogP contribution in [0, 0.1) is 6.92 Å². The second-order valence-electron chi connectivity index (χ2n) is 5.79. The van der Waals surface area contributed by atoms with E-state index >= 15 is 0 Å². The number of nitrogens with one attached hydrogen (secondary N) is 1. The Morgan fingerprint density at radius 1 is 1.45 bits per heavy atom. The lowest BCUT2D eigenvalue weighted by atomic mass is 9.95. The van der Waals surface area contributed by atoms with E-state index in [0.717, 1.165) is 44.0 Å². The molecule has 1 aliphatic rings. The van der Waals surface area contributed by atoms with E-state index in [2.05, 4.69) is 20.3 Å². The molecule has 3 heterocycles. The fourth-order valence-corrected chi connectivity index (χ4v) is 3.05. The monoisotopic (exact) mass is 302 g/mol. The number of amides is 1. The summed E-state index contributed by atoms with van der Waals surface area (Å²) in [5.74, 6) is 2.23. The molecule has 1 aliphatic heterocycles. The molecular weight excluding hydrogens is 280 g/mol. The van der Waals surface area contributed by atoms with Gasteiger partial charge in [0, 0.05) is 31.4 Å². The van der Waals surface area contributed by atoms with Gasteiger partial charge >= 0.3 is 0 Å². The normalized spacial score (nSPS) is 17.6. The van der Waals surface area contributed by atoms with Gasteiger partial charge in [-0.1, -0.05) is 6.92 Å². The predicted octanol–water partition coefficient (Wildman–Crippen LogP) is 1.67. The molecule has 7 nitrogen and oxygen atoms in total. The minimum Gasteiger partial charge on any atom is -0.341 e. The summed E-state index contributed by atoms with van der Waals surface area (Å²) in [6, 6.07) is 1.66. The standard InChI is InChI=1S/C15H22N6O/c1-3-13(21-8-4-7-16-21)15(22)20-9-5-12(6-10-20)14-17-11(2)18-19-14/h4,7-8,12-13H,3,5-6,9-10H2,1-2H3,(H,17,18,19)/t13-/m1/s1. The highest BCUT2D eigenvalue weighted by Gasteiger charge is 2.30. The largest absolute Gasteiger partial charge is 0.341 e. The van der Waals surface area contributed by atoms with E-state index in [4.69, 9.17) is 0 Å². The number of piperidine rings is 1. The first kappa shape index (κ1) is 14.7. The fourth-order valence-electron chi connectivity index (χ4n) is 3.05. The molecule has 0 bridgehead atoms. The fraction of sp³-hybridized carbons (Fsp3) is 0.600. The summed E-state index contributed by atoms with van der Waals surface area (Å²) in [6.45, 7) is 5.45. The number of hydrogen-bond donors (Lipinski definition) is 1. The number of hydrogen-bond acceptors (Lipinski definition) is 4. The molecule has 0 unspecified atom stereocenters. The van der Waals surface area contributed by atoms with Crippen LogP contribution >= 0.6 is 0 Å². The lowest BCUT2D eigenvalue weighted by Crippen LogP contribution is -2.42. The number of likely N-dealkylation sites (tertiary alicyclic amines) is 1. The van der Waals surface area contributed by atoms with E-state index in [0.29, 0.717) is 5.92 Å². The summed E-state index contributed by atoms with van der Waals surface area (Å²) in [6.07, 6.45) is 6.15. The quantitative estimate of drug-likeness (QED) is 0.931. The SMILES string of the molecule is CC[C@H](C(=O)N1CCC(c2n[nH]c(C)n2)CC1)n1cccn1. The number of rotatable bonds is 4. The molecule has 1 fully saturated rings. The summed E-state index contributed by atoms with van der Waals surface area (Å²) >= 11 is 0. The number of nitrogens with zero attached hydrogens (tertiary/aromatic N) is 5. The molecule has 0 saturated carbocycles. The highest BCUT2D eigenvalue weighted by Crippen LogP contribution is 2.27. The maximum absolute atomic E-state index is 12.7. The van der Waals surface area contributed by atoms with Crippen molar-refractivity contribution in [2.24, 2.45) is 0 Å². The molecule has 1 N–H and O–H groups in total. The zero-order valence-electron chi connectivity index (χ0n) is 13.1. The van der Waals surface area contributed by atoms with Gasteiger partial charge < -0.3 is 4.90 Å². The molecule has 2 aromatic rings. The average Bonchev–Trinajstić information content (AvgIpc) is 3.20. The average molecular weight is 302 g/mol. The van der Waals surface area contributed by atoms with Crippen molar-refractivity contribution in [2.45, 2.75) is 45.1 Å². The number of H-pyrrole nitrogens is 1. The van der Waals surface area contributed by atoms with Crippen molar-refractivity contribution in [3.63, 3.8) is 0 Å². The third-order valence-corrected chi connectivity index (χ3v) is 4.30. The van der Waals surface area contributed by atoms with Crippen molar-refractivity contribution in [2.75, 3.05) is 13.1 Å². The van der Waals surface area contributed by atoms with Crippen molar-refractivity contribution in [1.29, 1.82) is 0 Å². The van der Waals surface area contributed by atoms with Crippen LogP contribution in [0.3, 0.4) is 0 Å². The summed E-state index contributed by atoms with van der Waals surface area (Å²) in [4.78, 5) is 19.1. The van der Waals surface area contributed by atoms with Crippen LogP contribution in [0.1, 0.15) is 49.8 Å². The molecule has 1 saturated heterocycles. The van der Waals surface area contributed by atoms with Gasteiger partial charge in [-0.2, -0.15) is 10.2 Å². The molecule has 1 atom stereocenters. The number of carbonyl (C=O) groups excluding carboxylic acids is 1. The molecule has 22 heavy (non-hydrogen) atoms. The first-order valence-electron chi connectivity index (χ1n) is 7.86. The predicted molar refractivity (Wildman–Crippen MR) is 81.2 cm³/mol. The van der Waals surface area contributed by atoms with Crippen molar-refractivity contribution in [3.05, 3.63) is 30.1 Å². The van der Waals surface area contributed by atoms with E-state index < -0.39 is 0 Å². The van der Waals surface area contributed by atoms with Gasteiger partial charge in [-0.3, -0.25) is 14.6 Å². The van der Waals surface area contributed by atoms with Crippen LogP contribution < -0.4 is 0 Å². The topological polar surface area (TPSA) is 79.7 Å². The Morgan fingerprint density at radius 2 is 2.23 bits per heavy atom. The lowest BCUT2D eigenvalue weighted by Gasteiger charge is -2.33.